The van der Waals surface area contributed by atoms with Gasteiger partial charge < -0.3 is 13.9 Å². The summed E-state index contributed by atoms with van der Waals surface area (Å²) in [6.45, 7) is 0. The zero-order valence-corrected chi connectivity index (χ0v) is 27.6. The molecular weight excluding hydrogens is 623 g/mol. The molecule has 0 unspecified atom stereocenters. The minimum absolute atomic E-state index is 0.623. The van der Waals surface area contributed by atoms with E-state index in [1.165, 1.54) is 16.3 Å². The van der Waals surface area contributed by atoms with Crippen molar-refractivity contribution in [2.45, 2.75) is 0 Å². The molecule has 8 aromatic carbocycles. The van der Waals surface area contributed by atoms with Gasteiger partial charge in [0.1, 0.15) is 5.52 Å². The number of hydrogen-bond donors (Lipinski definition) is 0. The first-order chi connectivity index (χ1) is 25.3. The number of para-hydroxylation sites is 3. The molecule has 0 fully saturated rings. The normalized spacial score (nSPS) is 11.5. The maximum atomic E-state index is 6.57. The van der Waals surface area contributed by atoms with E-state index >= 15 is 0 Å². The van der Waals surface area contributed by atoms with Gasteiger partial charge in [0.25, 0.3) is 0 Å². The average Bonchev–Trinajstić information content (AvgIpc) is 3.80. The fourth-order valence-electron chi connectivity index (χ4n) is 7.50. The first-order valence-corrected chi connectivity index (χ1v) is 17.2. The summed E-state index contributed by atoms with van der Waals surface area (Å²) in [7, 11) is 0. The molecule has 0 saturated carbocycles. The molecule has 0 aliphatic carbocycles. The predicted molar refractivity (Wildman–Crippen MR) is 211 cm³/mol. The molecule has 0 atom stereocenters. The molecule has 0 N–H and O–H groups in total. The third kappa shape index (κ3) is 4.80. The van der Waals surface area contributed by atoms with Gasteiger partial charge in [0.2, 0.25) is 5.89 Å². The lowest BCUT2D eigenvalue weighted by atomic mass is 9.99. The van der Waals surface area contributed by atoms with Gasteiger partial charge >= 0.3 is 0 Å². The Morgan fingerprint density at radius 2 is 1.12 bits per heavy atom. The van der Waals surface area contributed by atoms with Crippen LogP contribution in [0, 0.1) is 0 Å². The molecule has 10 rings (SSSR count). The average molecular weight is 654 g/mol. The van der Waals surface area contributed by atoms with Crippen LogP contribution in [0.4, 0.5) is 17.1 Å². The fraction of sp³-hybridized carbons (Fsp3) is 0. The standard InChI is InChI=1S/C47H31N3O/c1-4-15-33(16-5-1)47-48-45-38-22-11-10-17-34(38)31-40(46(45)51-47)32-27-29-37(30-28-32)49(35-18-6-2-7-19-35)42-25-14-26-43-44(42)39-23-12-13-24-41(39)50(43)36-20-8-3-9-21-36/h1-31H. The van der Waals surface area contributed by atoms with Crippen LogP contribution in [0.25, 0.3) is 71.9 Å². The Balaban J connectivity index is 1.16. The summed E-state index contributed by atoms with van der Waals surface area (Å²) in [5.74, 6) is 0.623. The lowest BCUT2D eigenvalue weighted by Gasteiger charge is -2.26. The molecule has 0 amide bonds. The second kappa shape index (κ2) is 11.9. The van der Waals surface area contributed by atoms with Crippen molar-refractivity contribution in [3.05, 3.63) is 188 Å². The van der Waals surface area contributed by atoms with Crippen molar-refractivity contribution in [2.75, 3.05) is 4.90 Å². The van der Waals surface area contributed by atoms with Gasteiger partial charge in [-0.1, -0.05) is 115 Å². The van der Waals surface area contributed by atoms with Crippen LogP contribution in [0.5, 0.6) is 0 Å². The quantitative estimate of drug-likeness (QED) is 0.179. The maximum absolute atomic E-state index is 6.57. The SMILES string of the molecule is c1ccc(-c2nc3c(o2)c(-c2ccc(N(c4ccccc4)c4cccc5c4c4ccccc4n5-c4ccccc4)cc2)cc2ccccc23)cc1. The zero-order valence-electron chi connectivity index (χ0n) is 27.6. The van der Waals surface area contributed by atoms with E-state index in [0.717, 1.165) is 66.8 Å². The number of fused-ring (bicyclic) bond motifs is 6. The fourth-order valence-corrected chi connectivity index (χ4v) is 7.50. The van der Waals surface area contributed by atoms with Crippen LogP contribution in [-0.2, 0) is 0 Å². The van der Waals surface area contributed by atoms with Crippen molar-refractivity contribution in [2.24, 2.45) is 0 Å². The van der Waals surface area contributed by atoms with Gasteiger partial charge in [-0.05, 0) is 83.7 Å². The van der Waals surface area contributed by atoms with Crippen molar-refractivity contribution < 1.29 is 4.42 Å². The Labute approximate surface area is 295 Å². The van der Waals surface area contributed by atoms with Crippen LogP contribution in [0.1, 0.15) is 0 Å². The zero-order chi connectivity index (χ0) is 33.7. The summed E-state index contributed by atoms with van der Waals surface area (Å²) < 4.78 is 8.94. The number of nitrogens with zero attached hydrogens (tertiary/aromatic N) is 3. The summed E-state index contributed by atoms with van der Waals surface area (Å²) in [5.41, 5.74) is 11.5. The van der Waals surface area contributed by atoms with Crippen LogP contribution in [0.15, 0.2) is 192 Å². The van der Waals surface area contributed by atoms with Crippen LogP contribution < -0.4 is 4.90 Å². The van der Waals surface area contributed by atoms with Crippen LogP contribution in [0.3, 0.4) is 0 Å². The second-order valence-electron chi connectivity index (χ2n) is 12.8. The van der Waals surface area contributed by atoms with E-state index in [4.69, 9.17) is 9.40 Å². The number of oxazole rings is 1. The van der Waals surface area contributed by atoms with E-state index in [2.05, 4.69) is 167 Å². The third-order valence-electron chi connectivity index (χ3n) is 9.79. The minimum atomic E-state index is 0.623. The predicted octanol–water partition coefficient (Wildman–Crippen LogP) is 12.9. The van der Waals surface area contributed by atoms with Crippen molar-refractivity contribution in [1.29, 1.82) is 0 Å². The number of rotatable bonds is 6. The van der Waals surface area contributed by atoms with Crippen molar-refractivity contribution in [3.8, 4) is 28.3 Å². The maximum Gasteiger partial charge on any atom is 0.227 e. The molecule has 4 heteroatoms. The largest absolute Gasteiger partial charge is 0.435 e. The van der Waals surface area contributed by atoms with Crippen molar-refractivity contribution in [3.63, 3.8) is 0 Å². The number of aromatic nitrogens is 2. The lowest BCUT2D eigenvalue weighted by Crippen LogP contribution is -2.10. The molecule has 10 aromatic rings. The van der Waals surface area contributed by atoms with E-state index in [-0.39, 0.29) is 0 Å². The van der Waals surface area contributed by atoms with Gasteiger partial charge in [-0.15, -0.1) is 0 Å². The smallest absolute Gasteiger partial charge is 0.227 e. The molecule has 51 heavy (non-hydrogen) atoms. The molecule has 240 valence electrons. The van der Waals surface area contributed by atoms with Gasteiger partial charge in [0, 0.05) is 44.3 Å². The summed E-state index contributed by atoms with van der Waals surface area (Å²) in [6, 6.07) is 66.1. The van der Waals surface area contributed by atoms with Gasteiger partial charge in [0.05, 0.1) is 16.7 Å². The highest BCUT2D eigenvalue weighted by atomic mass is 16.3. The van der Waals surface area contributed by atoms with Crippen molar-refractivity contribution >= 4 is 60.7 Å². The highest BCUT2D eigenvalue weighted by molar-refractivity contribution is 6.16. The second-order valence-corrected chi connectivity index (χ2v) is 12.8. The molecule has 2 aromatic heterocycles. The van der Waals surface area contributed by atoms with Gasteiger partial charge in [0.15, 0.2) is 5.58 Å². The molecule has 0 aliphatic heterocycles. The highest BCUT2D eigenvalue weighted by Gasteiger charge is 2.22. The van der Waals surface area contributed by atoms with Gasteiger partial charge in [-0.25, -0.2) is 4.98 Å². The molecular formula is C47H31N3O. The van der Waals surface area contributed by atoms with Crippen LogP contribution in [-0.4, -0.2) is 9.55 Å². The number of anilines is 3. The van der Waals surface area contributed by atoms with E-state index in [9.17, 15) is 0 Å². The van der Waals surface area contributed by atoms with E-state index in [0.29, 0.717) is 5.89 Å². The van der Waals surface area contributed by atoms with Gasteiger partial charge in [-0.2, -0.15) is 0 Å². The first kappa shape index (κ1) is 29.0. The number of hydrogen-bond acceptors (Lipinski definition) is 3. The third-order valence-corrected chi connectivity index (χ3v) is 9.79. The molecule has 0 saturated heterocycles. The Kier molecular flexibility index (Phi) is 6.78. The highest BCUT2D eigenvalue weighted by Crippen LogP contribution is 2.44. The molecule has 0 radical (unpaired) electrons. The Morgan fingerprint density at radius 1 is 0.490 bits per heavy atom. The minimum Gasteiger partial charge on any atom is -0.435 e. The van der Waals surface area contributed by atoms with E-state index in [1.807, 2.05) is 30.3 Å². The Morgan fingerprint density at radius 3 is 1.90 bits per heavy atom. The van der Waals surface area contributed by atoms with Crippen LogP contribution in [0.2, 0.25) is 0 Å². The topological polar surface area (TPSA) is 34.2 Å². The molecule has 0 spiro atoms. The summed E-state index contributed by atoms with van der Waals surface area (Å²) >= 11 is 0. The lowest BCUT2D eigenvalue weighted by molar-refractivity contribution is 0.621. The van der Waals surface area contributed by atoms with Crippen molar-refractivity contribution in [1.82, 2.24) is 9.55 Å². The summed E-state index contributed by atoms with van der Waals surface area (Å²) in [6.07, 6.45) is 0. The molecule has 4 nitrogen and oxygen atoms in total. The van der Waals surface area contributed by atoms with Gasteiger partial charge in [-0.3, -0.25) is 0 Å². The molecule has 0 aliphatic rings. The molecule has 2 heterocycles. The Bertz CT molecular complexity index is 2840. The van der Waals surface area contributed by atoms with Crippen LogP contribution >= 0.6 is 0 Å². The summed E-state index contributed by atoms with van der Waals surface area (Å²) in [5, 5.41) is 4.63. The monoisotopic (exact) mass is 653 g/mol. The first-order valence-electron chi connectivity index (χ1n) is 17.2. The summed E-state index contributed by atoms with van der Waals surface area (Å²) in [4.78, 5) is 7.39. The van der Waals surface area contributed by atoms with E-state index in [1.54, 1.807) is 0 Å². The Hall–Kier alpha value is -6.91. The molecule has 0 bridgehead atoms. The number of benzene rings is 8. The van der Waals surface area contributed by atoms with E-state index < -0.39 is 0 Å².